The van der Waals surface area contributed by atoms with Crippen LogP contribution in [0.1, 0.15) is 32.9 Å². The van der Waals surface area contributed by atoms with E-state index in [2.05, 4.69) is 5.32 Å². The van der Waals surface area contributed by atoms with Gasteiger partial charge >= 0.3 is 5.97 Å². The molecule has 0 bridgehead atoms. The number of aliphatic hydroxyl groups excluding tert-OH is 1. The largest absolute Gasteiger partial charge is 0.465 e. The van der Waals surface area contributed by atoms with E-state index in [9.17, 15) is 14.7 Å². The van der Waals surface area contributed by atoms with Crippen molar-refractivity contribution in [3.05, 3.63) is 10.4 Å². The first-order valence-corrected chi connectivity index (χ1v) is 7.46. The van der Waals surface area contributed by atoms with Crippen molar-refractivity contribution in [2.45, 2.75) is 18.9 Å². The fourth-order valence-electron chi connectivity index (χ4n) is 2.31. The third-order valence-corrected chi connectivity index (χ3v) is 4.75. The van der Waals surface area contributed by atoms with Gasteiger partial charge in [0.1, 0.15) is 9.88 Å². The zero-order valence-electron chi connectivity index (χ0n) is 12.0. The number of nitrogens with zero attached hydrogens (tertiary/aromatic N) is 1. The molecule has 2 heterocycles. The second kappa shape index (κ2) is 6.31. The molecular formula is C13H19N3O4S. The van der Waals surface area contributed by atoms with Gasteiger partial charge in [0.05, 0.1) is 24.5 Å². The predicted molar refractivity (Wildman–Crippen MR) is 80.9 cm³/mol. The number of piperidine rings is 1. The Hall–Kier alpha value is -1.80. The van der Waals surface area contributed by atoms with E-state index in [1.54, 1.807) is 0 Å². The van der Waals surface area contributed by atoms with Crippen LogP contribution in [0.4, 0.5) is 10.7 Å². The van der Waals surface area contributed by atoms with E-state index in [0.29, 0.717) is 36.5 Å². The van der Waals surface area contributed by atoms with Gasteiger partial charge in [-0.3, -0.25) is 4.79 Å². The molecule has 1 aliphatic heterocycles. The number of thiophene rings is 1. The molecule has 1 saturated heterocycles. The molecule has 8 heteroatoms. The highest BCUT2D eigenvalue weighted by Gasteiger charge is 2.30. The first kappa shape index (κ1) is 15.6. The number of nitrogens with two attached hydrogens (primary N) is 1. The van der Waals surface area contributed by atoms with Gasteiger partial charge in [-0.05, 0) is 12.8 Å². The Kier molecular flexibility index (Phi) is 4.69. The monoisotopic (exact) mass is 313 g/mol. The minimum absolute atomic E-state index is 0.146. The first-order chi connectivity index (χ1) is 9.99. The van der Waals surface area contributed by atoms with Crippen LogP contribution < -0.4 is 16.0 Å². The summed E-state index contributed by atoms with van der Waals surface area (Å²) in [4.78, 5) is 26.0. The molecule has 1 fully saturated rings. The van der Waals surface area contributed by atoms with Crippen molar-refractivity contribution in [2.75, 3.05) is 37.9 Å². The van der Waals surface area contributed by atoms with Crippen molar-refractivity contribution in [2.24, 2.45) is 0 Å². The third kappa shape index (κ3) is 2.96. The van der Waals surface area contributed by atoms with Gasteiger partial charge in [0, 0.05) is 20.1 Å². The van der Waals surface area contributed by atoms with Gasteiger partial charge in [-0.25, -0.2) is 4.79 Å². The minimum Gasteiger partial charge on any atom is -0.465 e. The number of esters is 1. The number of methoxy groups -OCH3 is 1. The molecule has 0 radical (unpaired) electrons. The number of aliphatic hydroxyl groups is 1. The van der Waals surface area contributed by atoms with Crippen LogP contribution in [0, 0.1) is 0 Å². The van der Waals surface area contributed by atoms with E-state index in [4.69, 9.17) is 10.5 Å². The molecule has 1 aliphatic rings. The number of rotatable bonds is 3. The van der Waals surface area contributed by atoms with E-state index >= 15 is 0 Å². The van der Waals surface area contributed by atoms with E-state index in [-0.39, 0.29) is 22.6 Å². The third-order valence-electron chi connectivity index (χ3n) is 3.50. The Morgan fingerprint density at radius 3 is 2.57 bits per heavy atom. The molecule has 0 atom stereocenters. The predicted octanol–water partition coefficient (Wildman–Crippen LogP) is 0.438. The van der Waals surface area contributed by atoms with E-state index in [1.165, 1.54) is 14.2 Å². The Bertz CT molecular complexity index is 550. The van der Waals surface area contributed by atoms with Gasteiger partial charge in [0.15, 0.2) is 0 Å². The van der Waals surface area contributed by atoms with Crippen LogP contribution in [0.5, 0.6) is 0 Å². The van der Waals surface area contributed by atoms with Crippen LogP contribution in [0.25, 0.3) is 0 Å². The summed E-state index contributed by atoms with van der Waals surface area (Å²) in [6, 6.07) is 0. The van der Waals surface area contributed by atoms with Crippen molar-refractivity contribution in [3.8, 4) is 0 Å². The fraction of sp³-hybridized carbons (Fsp3) is 0.538. The van der Waals surface area contributed by atoms with Crippen molar-refractivity contribution < 1.29 is 19.4 Å². The van der Waals surface area contributed by atoms with Crippen LogP contribution in [-0.4, -0.2) is 50.3 Å². The zero-order chi connectivity index (χ0) is 15.6. The summed E-state index contributed by atoms with van der Waals surface area (Å²) >= 11 is 1.15. The minimum atomic E-state index is -0.550. The van der Waals surface area contributed by atoms with Crippen LogP contribution in [0.2, 0.25) is 0 Å². The number of nitrogens with one attached hydrogen (secondary N) is 1. The number of nitrogen functional groups attached to an aromatic ring is 1. The molecule has 7 nitrogen and oxygen atoms in total. The number of carbonyl (C=O) groups is 2. The van der Waals surface area contributed by atoms with Gasteiger partial charge in [-0.15, -0.1) is 11.3 Å². The highest BCUT2D eigenvalue weighted by Crippen LogP contribution is 2.39. The van der Waals surface area contributed by atoms with Gasteiger partial charge in [0.25, 0.3) is 5.91 Å². The lowest BCUT2D eigenvalue weighted by Gasteiger charge is -2.30. The maximum absolute atomic E-state index is 12.1. The molecule has 116 valence electrons. The second-order valence-electron chi connectivity index (χ2n) is 4.81. The Morgan fingerprint density at radius 2 is 2.05 bits per heavy atom. The van der Waals surface area contributed by atoms with Crippen LogP contribution in [-0.2, 0) is 4.74 Å². The second-order valence-corrected chi connectivity index (χ2v) is 5.81. The SMILES string of the molecule is CNC(=O)c1c(N2CCC(O)CC2)sc(C(=O)OC)c1N. The summed E-state index contributed by atoms with van der Waals surface area (Å²) in [7, 11) is 2.79. The van der Waals surface area contributed by atoms with Crippen LogP contribution in [0.3, 0.4) is 0 Å². The normalized spacial score (nSPS) is 15.9. The first-order valence-electron chi connectivity index (χ1n) is 6.65. The lowest BCUT2D eigenvalue weighted by atomic mass is 10.1. The molecule has 0 aliphatic carbocycles. The number of carbonyl (C=O) groups excluding carboxylic acids is 2. The summed E-state index contributed by atoms with van der Waals surface area (Å²) in [6.45, 7) is 1.23. The molecule has 1 amide bonds. The lowest BCUT2D eigenvalue weighted by Crippen LogP contribution is -2.36. The zero-order valence-corrected chi connectivity index (χ0v) is 12.8. The number of anilines is 2. The highest BCUT2D eigenvalue weighted by atomic mass is 32.1. The average molecular weight is 313 g/mol. The number of hydrogen-bond acceptors (Lipinski definition) is 7. The van der Waals surface area contributed by atoms with Crippen molar-refractivity contribution in [1.82, 2.24) is 5.32 Å². The van der Waals surface area contributed by atoms with Gasteiger partial charge in [-0.1, -0.05) is 0 Å². The molecule has 0 saturated carbocycles. The van der Waals surface area contributed by atoms with E-state index in [0.717, 1.165) is 11.3 Å². The van der Waals surface area contributed by atoms with Crippen molar-refractivity contribution in [1.29, 1.82) is 0 Å². The van der Waals surface area contributed by atoms with Gasteiger partial charge in [-0.2, -0.15) is 0 Å². The van der Waals surface area contributed by atoms with Gasteiger partial charge in [0.2, 0.25) is 0 Å². The Balaban J connectivity index is 2.43. The number of hydrogen-bond donors (Lipinski definition) is 3. The molecule has 0 aromatic carbocycles. The smallest absolute Gasteiger partial charge is 0.350 e. The van der Waals surface area contributed by atoms with Crippen molar-refractivity contribution >= 4 is 33.9 Å². The highest BCUT2D eigenvalue weighted by molar-refractivity contribution is 7.19. The maximum Gasteiger partial charge on any atom is 0.350 e. The van der Waals surface area contributed by atoms with E-state index in [1.807, 2.05) is 4.90 Å². The van der Waals surface area contributed by atoms with Crippen LogP contribution in [0.15, 0.2) is 0 Å². The van der Waals surface area contributed by atoms with Crippen LogP contribution >= 0.6 is 11.3 Å². The van der Waals surface area contributed by atoms with E-state index < -0.39 is 5.97 Å². The van der Waals surface area contributed by atoms with Crippen molar-refractivity contribution in [3.63, 3.8) is 0 Å². The molecular weight excluding hydrogens is 294 g/mol. The standard InChI is InChI=1S/C13H19N3O4S/c1-15-11(18)8-9(14)10(13(19)20-2)21-12(8)16-5-3-7(17)4-6-16/h7,17H,3-6,14H2,1-2H3,(H,15,18). The Labute approximate surface area is 126 Å². The number of ether oxygens (including phenoxy) is 1. The molecule has 1 aromatic heterocycles. The maximum atomic E-state index is 12.1. The fourth-order valence-corrected chi connectivity index (χ4v) is 3.50. The van der Waals surface area contributed by atoms with Gasteiger partial charge < -0.3 is 25.8 Å². The Morgan fingerprint density at radius 1 is 1.43 bits per heavy atom. The summed E-state index contributed by atoms with van der Waals surface area (Å²) in [5.41, 5.74) is 6.41. The summed E-state index contributed by atoms with van der Waals surface area (Å²) in [5, 5.41) is 12.8. The number of amides is 1. The average Bonchev–Trinajstić information content (AvgIpc) is 2.84. The molecule has 1 aromatic rings. The summed E-state index contributed by atoms with van der Waals surface area (Å²) in [5.74, 6) is -0.883. The quantitative estimate of drug-likeness (QED) is 0.699. The summed E-state index contributed by atoms with van der Waals surface area (Å²) < 4.78 is 4.70. The molecule has 2 rings (SSSR count). The molecule has 4 N–H and O–H groups in total. The molecule has 21 heavy (non-hydrogen) atoms. The molecule has 0 spiro atoms. The summed E-state index contributed by atoms with van der Waals surface area (Å²) in [6.07, 6.45) is 0.930. The lowest BCUT2D eigenvalue weighted by molar-refractivity contribution is 0.0607. The molecule has 0 unspecified atom stereocenters. The topological polar surface area (TPSA) is 105 Å².